The number of carbonyl (C=O) groups excluding carboxylic acids is 1. The van der Waals surface area contributed by atoms with Crippen LogP contribution in [-0.4, -0.2) is 19.2 Å². The summed E-state index contributed by atoms with van der Waals surface area (Å²) in [6.45, 7) is 4.00. The Morgan fingerprint density at radius 3 is 2.63 bits per heavy atom. The third-order valence-corrected chi connectivity index (χ3v) is 2.78. The van der Waals surface area contributed by atoms with Crippen LogP contribution in [0, 0.1) is 0 Å². The molecule has 0 N–H and O–H groups in total. The summed E-state index contributed by atoms with van der Waals surface area (Å²) in [6.07, 6.45) is 5.59. The molecule has 2 unspecified atom stereocenters. The molecule has 1 heterocycles. The molecule has 19 heavy (non-hydrogen) atoms. The number of epoxide rings is 1. The first-order valence-corrected chi connectivity index (χ1v) is 6.76. The predicted molar refractivity (Wildman–Crippen MR) is 75.8 cm³/mol. The van der Waals surface area contributed by atoms with Crippen molar-refractivity contribution >= 4 is 5.97 Å². The van der Waals surface area contributed by atoms with E-state index in [0.29, 0.717) is 6.10 Å². The highest BCUT2D eigenvalue weighted by Gasteiger charge is 2.38. The van der Waals surface area contributed by atoms with Crippen LogP contribution in [0.15, 0.2) is 42.5 Å². The van der Waals surface area contributed by atoms with Crippen molar-refractivity contribution in [3.63, 3.8) is 0 Å². The van der Waals surface area contributed by atoms with Crippen molar-refractivity contribution in [3.8, 4) is 0 Å². The normalized spacial score (nSPS) is 20.6. The number of esters is 1. The summed E-state index contributed by atoms with van der Waals surface area (Å²) in [6, 6.07) is 10.2. The fraction of sp³-hybridized carbons (Fsp3) is 0.438. The summed E-state index contributed by atoms with van der Waals surface area (Å²) in [4.78, 5) is 10.8. The lowest BCUT2D eigenvalue weighted by atomic mass is 10.1. The number of ether oxygens (including phenoxy) is 2. The number of carbonyl (C=O) groups is 1. The van der Waals surface area contributed by atoms with Crippen molar-refractivity contribution in [3.05, 3.63) is 48.0 Å². The molecule has 1 aliphatic heterocycles. The second-order valence-electron chi connectivity index (χ2n) is 4.01. The Morgan fingerprint density at radius 2 is 2.00 bits per heavy atom. The van der Waals surface area contributed by atoms with Gasteiger partial charge in [-0.25, -0.2) is 4.79 Å². The molecule has 1 aromatic carbocycles. The van der Waals surface area contributed by atoms with Gasteiger partial charge in [-0.2, -0.15) is 0 Å². The Kier molecular flexibility index (Phi) is 6.90. The van der Waals surface area contributed by atoms with E-state index in [1.807, 2.05) is 38.1 Å². The highest BCUT2D eigenvalue weighted by Crippen LogP contribution is 2.41. The van der Waals surface area contributed by atoms with E-state index in [1.165, 1.54) is 18.7 Å². The SMILES string of the molecule is CC.COC(=O)/C=C\CCC1OC1c1ccccc1. The lowest BCUT2D eigenvalue weighted by Crippen LogP contribution is -1.94. The molecule has 0 amide bonds. The maximum absolute atomic E-state index is 10.8. The van der Waals surface area contributed by atoms with Crippen molar-refractivity contribution in [2.45, 2.75) is 38.9 Å². The Labute approximate surface area is 115 Å². The highest BCUT2D eigenvalue weighted by atomic mass is 16.6. The first-order valence-electron chi connectivity index (χ1n) is 6.76. The fourth-order valence-electron chi connectivity index (χ4n) is 1.81. The van der Waals surface area contributed by atoms with Crippen molar-refractivity contribution in [1.29, 1.82) is 0 Å². The molecule has 0 aromatic heterocycles. The zero-order chi connectivity index (χ0) is 14.1. The molecule has 0 spiro atoms. The van der Waals surface area contributed by atoms with Crippen LogP contribution in [0.3, 0.4) is 0 Å². The van der Waals surface area contributed by atoms with Crippen LogP contribution in [-0.2, 0) is 14.3 Å². The highest BCUT2D eigenvalue weighted by molar-refractivity contribution is 5.81. The number of rotatable bonds is 5. The molecular weight excluding hydrogens is 240 g/mol. The van der Waals surface area contributed by atoms with Crippen molar-refractivity contribution < 1.29 is 14.3 Å². The van der Waals surface area contributed by atoms with Crippen LogP contribution in [0.25, 0.3) is 0 Å². The first-order chi connectivity index (χ1) is 9.31. The first kappa shape index (κ1) is 15.4. The molecule has 3 nitrogen and oxygen atoms in total. The zero-order valence-corrected chi connectivity index (χ0v) is 11.8. The van der Waals surface area contributed by atoms with E-state index in [4.69, 9.17) is 4.74 Å². The molecule has 1 aromatic rings. The van der Waals surface area contributed by atoms with Gasteiger partial charge in [0, 0.05) is 6.08 Å². The van der Waals surface area contributed by atoms with Gasteiger partial charge < -0.3 is 9.47 Å². The second kappa shape index (κ2) is 8.48. The Balaban J connectivity index is 0.000000861. The molecular formula is C16H22O3. The fourth-order valence-corrected chi connectivity index (χ4v) is 1.81. The monoisotopic (exact) mass is 262 g/mol. The quantitative estimate of drug-likeness (QED) is 0.462. The van der Waals surface area contributed by atoms with Gasteiger partial charge in [0.05, 0.1) is 13.2 Å². The van der Waals surface area contributed by atoms with Gasteiger partial charge in [0.1, 0.15) is 6.10 Å². The van der Waals surface area contributed by atoms with Gasteiger partial charge in [0.2, 0.25) is 0 Å². The third kappa shape index (κ3) is 5.26. The second-order valence-corrected chi connectivity index (χ2v) is 4.01. The molecule has 3 heteroatoms. The Bertz CT molecular complexity index is 398. The van der Waals surface area contributed by atoms with Crippen LogP contribution < -0.4 is 0 Å². The van der Waals surface area contributed by atoms with Crippen molar-refractivity contribution in [1.82, 2.24) is 0 Å². The van der Waals surface area contributed by atoms with Gasteiger partial charge in [-0.3, -0.25) is 0 Å². The number of hydrogen-bond donors (Lipinski definition) is 0. The minimum atomic E-state index is -0.304. The van der Waals surface area contributed by atoms with E-state index < -0.39 is 0 Å². The summed E-state index contributed by atoms with van der Waals surface area (Å²) in [5.41, 5.74) is 1.23. The van der Waals surface area contributed by atoms with Crippen molar-refractivity contribution in [2.75, 3.05) is 7.11 Å². The van der Waals surface area contributed by atoms with Gasteiger partial charge in [-0.05, 0) is 18.4 Å². The van der Waals surface area contributed by atoms with Crippen LogP contribution in [0.5, 0.6) is 0 Å². The zero-order valence-electron chi connectivity index (χ0n) is 11.8. The van der Waals surface area contributed by atoms with E-state index in [0.717, 1.165) is 12.8 Å². The average Bonchev–Trinajstić information content (AvgIpc) is 3.26. The van der Waals surface area contributed by atoms with Crippen LogP contribution in [0.2, 0.25) is 0 Å². The summed E-state index contributed by atoms with van der Waals surface area (Å²) in [5.74, 6) is -0.304. The molecule has 0 saturated carbocycles. The Hall–Kier alpha value is -1.61. The largest absolute Gasteiger partial charge is 0.466 e. The summed E-state index contributed by atoms with van der Waals surface area (Å²) >= 11 is 0. The molecule has 104 valence electrons. The van der Waals surface area contributed by atoms with Gasteiger partial charge >= 0.3 is 5.97 Å². The van der Waals surface area contributed by atoms with E-state index >= 15 is 0 Å². The number of methoxy groups -OCH3 is 1. The van der Waals surface area contributed by atoms with E-state index in [9.17, 15) is 4.79 Å². The number of allylic oxidation sites excluding steroid dienone is 1. The standard InChI is InChI=1S/C14H16O3.C2H6/c1-16-13(15)10-6-5-9-12-14(17-12)11-7-3-2-4-8-11;1-2/h2-4,6-8,10,12,14H,5,9H2,1H3;1-2H3/b10-6-;. The van der Waals surface area contributed by atoms with Gasteiger partial charge in [-0.15, -0.1) is 0 Å². The van der Waals surface area contributed by atoms with Gasteiger partial charge in [0.25, 0.3) is 0 Å². The summed E-state index contributed by atoms with van der Waals surface area (Å²) in [7, 11) is 1.38. The van der Waals surface area contributed by atoms with Gasteiger partial charge in [0.15, 0.2) is 0 Å². The molecule has 1 saturated heterocycles. The number of benzene rings is 1. The van der Waals surface area contributed by atoms with E-state index in [2.05, 4.69) is 16.9 Å². The summed E-state index contributed by atoms with van der Waals surface area (Å²) < 4.78 is 10.1. The lowest BCUT2D eigenvalue weighted by molar-refractivity contribution is -0.134. The molecule has 2 rings (SSSR count). The smallest absolute Gasteiger partial charge is 0.330 e. The molecule has 0 bridgehead atoms. The van der Waals surface area contributed by atoms with Crippen molar-refractivity contribution in [2.24, 2.45) is 0 Å². The lowest BCUT2D eigenvalue weighted by Gasteiger charge is -1.94. The molecule has 1 aliphatic rings. The Morgan fingerprint density at radius 1 is 1.32 bits per heavy atom. The molecule has 0 radical (unpaired) electrons. The third-order valence-electron chi connectivity index (χ3n) is 2.78. The van der Waals surface area contributed by atoms with Crippen LogP contribution in [0.4, 0.5) is 0 Å². The molecule has 2 atom stereocenters. The van der Waals surface area contributed by atoms with Crippen LogP contribution >= 0.6 is 0 Å². The maximum atomic E-state index is 10.8. The van der Waals surface area contributed by atoms with E-state index in [1.54, 1.807) is 0 Å². The number of hydrogen-bond acceptors (Lipinski definition) is 3. The molecule has 0 aliphatic carbocycles. The van der Waals surface area contributed by atoms with E-state index in [-0.39, 0.29) is 12.1 Å². The van der Waals surface area contributed by atoms with Gasteiger partial charge in [-0.1, -0.05) is 50.3 Å². The maximum Gasteiger partial charge on any atom is 0.330 e. The van der Waals surface area contributed by atoms with Crippen LogP contribution in [0.1, 0.15) is 38.4 Å². The topological polar surface area (TPSA) is 38.8 Å². The predicted octanol–water partition coefficient (Wildman–Crippen LogP) is 3.66. The minimum absolute atomic E-state index is 0.239. The summed E-state index contributed by atoms with van der Waals surface area (Å²) in [5, 5.41) is 0. The average molecular weight is 262 g/mol. The minimum Gasteiger partial charge on any atom is -0.466 e. The molecule has 1 fully saturated rings.